The lowest BCUT2D eigenvalue weighted by atomic mass is 9.77. The van der Waals surface area contributed by atoms with Crippen LogP contribution in [0.25, 0.3) is 0 Å². The summed E-state index contributed by atoms with van der Waals surface area (Å²) in [5, 5.41) is 3.52. The van der Waals surface area contributed by atoms with E-state index in [2.05, 4.69) is 67.6 Å². The van der Waals surface area contributed by atoms with Gasteiger partial charge in [-0.05, 0) is 72.3 Å². The van der Waals surface area contributed by atoms with Crippen molar-refractivity contribution in [2.24, 2.45) is 11.3 Å². The van der Waals surface area contributed by atoms with Gasteiger partial charge < -0.3 is 19.9 Å². The summed E-state index contributed by atoms with van der Waals surface area (Å²) in [6, 6.07) is 0. The Kier molecular flexibility index (Phi) is 12.1. The summed E-state index contributed by atoms with van der Waals surface area (Å²) in [7, 11) is 3.74. The Bertz CT molecular complexity index is 624. The van der Waals surface area contributed by atoms with Gasteiger partial charge in [0.1, 0.15) is 0 Å². The van der Waals surface area contributed by atoms with Crippen molar-refractivity contribution in [3.63, 3.8) is 0 Å². The molecule has 196 valence electrons. The average molecular weight is 470 g/mol. The van der Waals surface area contributed by atoms with E-state index < -0.39 is 5.60 Å². The maximum Gasteiger partial charge on any atom is 0.223 e. The molecule has 6 nitrogen and oxygen atoms in total. The second-order valence-corrected chi connectivity index (χ2v) is 12.9. The maximum atomic E-state index is 13.1. The van der Waals surface area contributed by atoms with Gasteiger partial charge in [0.05, 0.1) is 5.60 Å². The molecule has 0 rings (SSSR count). The Morgan fingerprint density at radius 2 is 1.48 bits per heavy atom. The van der Waals surface area contributed by atoms with Gasteiger partial charge >= 0.3 is 0 Å². The fourth-order valence-electron chi connectivity index (χ4n) is 4.62. The smallest absolute Gasteiger partial charge is 0.223 e. The lowest BCUT2D eigenvalue weighted by molar-refractivity contribution is -0.140. The van der Waals surface area contributed by atoms with Crippen LogP contribution in [0.2, 0.25) is 0 Å². The second kappa shape index (κ2) is 12.5. The molecule has 0 aliphatic carbocycles. The van der Waals surface area contributed by atoms with Gasteiger partial charge in [-0.25, -0.2) is 0 Å². The molecule has 0 saturated carbocycles. The number of hydrogen-bond donors (Lipinski definition) is 1. The zero-order chi connectivity index (χ0) is 26.3. The van der Waals surface area contributed by atoms with Gasteiger partial charge in [0.2, 0.25) is 11.8 Å². The van der Waals surface area contributed by atoms with Crippen LogP contribution >= 0.6 is 0 Å². The average Bonchev–Trinajstić information content (AvgIpc) is 2.57. The highest BCUT2D eigenvalue weighted by molar-refractivity contribution is 5.77. The number of likely N-dealkylation sites (N-methyl/N-ethyl adjacent to an activating group) is 1. The van der Waals surface area contributed by atoms with E-state index in [0.29, 0.717) is 31.9 Å². The topological polar surface area (TPSA) is 61.9 Å². The summed E-state index contributed by atoms with van der Waals surface area (Å²) in [4.78, 5) is 29.1. The van der Waals surface area contributed by atoms with Gasteiger partial charge in [0, 0.05) is 51.2 Å². The summed E-state index contributed by atoms with van der Waals surface area (Å²) in [6.45, 7) is 25.2. The van der Waals surface area contributed by atoms with Crippen LogP contribution in [-0.4, -0.2) is 72.1 Å². The molecule has 0 bridgehead atoms. The van der Waals surface area contributed by atoms with Crippen molar-refractivity contribution in [1.29, 1.82) is 0 Å². The fourth-order valence-corrected chi connectivity index (χ4v) is 4.62. The SMILES string of the molecule is CCNC(C)(C)CC(C)(C)CC(=O)N(C)C(C)(C)CCOC(C)(C)CN(C)C(=O)CC(C)C. The number of nitrogens with one attached hydrogen (secondary N) is 1. The predicted molar refractivity (Wildman–Crippen MR) is 139 cm³/mol. The number of ether oxygens (including phenoxy) is 1. The zero-order valence-corrected chi connectivity index (χ0v) is 24.1. The van der Waals surface area contributed by atoms with E-state index in [1.54, 1.807) is 4.90 Å². The van der Waals surface area contributed by atoms with Crippen LogP contribution in [-0.2, 0) is 14.3 Å². The highest BCUT2D eigenvalue weighted by atomic mass is 16.5. The van der Waals surface area contributed by atoms with Crippen LogP contribution in [0.3, 0.4) is 0 Å². The molecule has 0 radical (unpaired) electrons. The standard InChI is InChI=1S/C27H55N3O3/c1-14-28-25(6,7)19-24(4,5)18-23(32)30(13)26(8,9)15-16-33-27(10,11)20-29(12)22(31)17-21(2)3/h21,28H,14-20H2,1-13H3. The summed E-state index contributed by atoms with van der Waals surface area (Å²) >= 11 is 0. The van der Waals surface area contributed by atoms with Crippen LogP contribution in [0, 0.1) is 11.3 Å². The summed E-state index contributed by atoms with van der Waals surface area (Å²) in [5.74, 6) is 0.652. The van der Waals surface area contributed by atoms with Crippen LogP contribution < -0.4 is 5.32 Å². The third-order valence-corrected chi connectivity index (χ3v) is 6.32. The van der Waals surface area contributed by atoms with E-state index in [1.165, 1.54) is 0 Å². The van der Waals surface area contributed by atoms with Crippen molar-refractivity contribution in [3.05, 3.63) is 0 Å². The Labute approximate surface area is 205 Å². The van der Waals surface area contributed by atoms with E-state index in [0.717, 1.165) is 19.4 Å². The lowest BCUT2D eigenvalue weighted by Crippen LogP contribution is -2.49. The van der Waals surface area contributed by atoms with Crippen molar-refractivity contribution in [1.82, 2.24) is 15.1 Å². The first-order valence-corrected chi connectivity index (χ1v) is 12.6. The molecule has 33 heavy (non-hydrogen) atoms. The summed E-state index contributed by atoms with van der Waals surface area (Å²) < 4.78 is 6.17. The quantitative estimate of drug-likeness (QED) is 0.362. The molecule has 0 aromatic carbocycles. The number of rotatable bonds is 15. The highest BCUT2D eigenvalue weighted by Gasteiger charge is 2.35. The molecule has 0 fully saturated rings. The van der Waals surface area contributed by atoms with Gasteiger partial charge in [-0.15, -0.1) is 0 Å². The molecular formula is C27H55N3O3. The minimum Gasteiger partial charge on any atom is -0.374 e. The number of nitrogens with zero attached hydrogens (tertiary/aromatic N) is 2. The van der Waals surface area contributed by atoms with Crippen LogP contribution in [0.15, 0.2) is 0 Å². The minimum absolute atomic E-state index is 0.00421. The monoisotopic (exact) mass is 469 g/mol. The molecule has 1 N–H and O–H groups in total. The largest absolute Gasteiger partial charge is 0.374 e. The number of carbonyl (C=O) groups is 2. The molecule has 0 aromatic rings. The molecule has 6 heteroatoms. The first-order valence-electron chi connectivity index (χ1n) is 12.6. The normalized spacial score (nSPS) is 13.4. The molecule has 0 aliphatic rings. The first-order chi connectivity index (χ1) is 14.7. The molecule has 2 amide bonds. The van der Waals surface area contributed by atoms with Gasteiger partial charge in [-0.1, -0.05) is 34.6 Å². The minimum atomic E-state index is -0.445. The molecule has 0 saturated heterocycles. The molecular weight excluding hydrogens is 414 g/mol. The van der Waals surface area contributed by atoms with Gasteiger partial charge in [-0.2, -0.15) is 0 Å². The van der Waals surface area contributed by atoms with Gasteiger partial charge in [0.15, 0.2) is 0 Å². The van der Waals surface area contributed by atoms with E-state index in [9.17, 15) is 9.59 Å². The third-order valence-electron chi connectivity index (χ3n) is 6.32. The Morgan fingerprint density at radius 1 is 0.939 bits per heavy atom. The molecule has 0 unspecified atom stereocenters. The van der Waals surface area contributed by atoms with Crippen LogP contribution in [0.1, 0.15) is 102 Å². The van der Waals surface area contributed by atoms with Crippen LogP contribution in [0.5, 0.6) is 0 Å². The Balaban J connectivity index is 4.83. The Hall–Kier alpha value is -1.14. The summed E-state index contributed by atoms with van der Waals surface area (Å²) in [6.07, 6.45) is 2.71. The van der Waals surface area contributed by atoms with E-state index >= 15 is 0 Å². The van der Waals surface area contributed by atoms with Crippen LogP contribution in [0.4, 0.5) is 0 Å². The predicted octanol–water partition coefficient (Wildman–Crippen LogP) is 5.11. The van der Waals surface area contributed by atoms with Gasteiger partial charge in [0.25, 0.3) is 0 Å². The van der Waals surface area contributed by atoms with Crippen molar-refractivity contribution in [2.75, 3.05) is 33.8 Å². The molecule has 0 spiro atoms. The molecule has 0 atom stereocenters. The van der Waals surface area contributed by atoms with Crippen molar-refractivity contribution < 1.29 is 14.3 Å². The number of hydrogen-bond acceptors (Lipinski definition) is 4. The summed E-state index contributed by atoms with van der Waals surface area (Å²) in [5.41, 5.74) is -0.867. The van der Waals surface area contributed by atoms with E-state index in [1.807, 2.05) is 32.8 Å². The highest BCUT2D eigenvalue weighted by Crippen LogP contribution is 2.33. The first kappa shape index (κ1) is 31.9. The van der Waals surface area contributed by atoms with E-state index in [-0.39, 0.29) is 28.3 Å². The maximum absolute atomic E-state index is 13.1. The Morgan fingerprint density at radius 3 is 1.97 bits per heavy atom. The van der Waals surface area contributed by atoms with E-state index in [4.69, 9.17) is 4.74 Å². The molecule has 0 heterocycles. The molecule has 0 aliphatic heterocycles. The third kappa shape index (κ3) is 12.8. The lowest BCUT2D eigenvalue weighted by Gasteiger charge is -2.40. The second-order valence-electron chi connectivity index (χ2n) is 12.9. The zero-order valence-electron chi connectivity index (χ0n) is 24.1. The van der Waals surface area contributed by atoms with Crippen molar-refractivity contribution in [3.8, 4) is 0 Å². The fraction of sp³-hybridized carbons (Fsp3) is 0.926. The molecule has 0 aromatic heterocycles. The number of amides is 2. The van der Waals surface area contributed by atoms with Crippen molar-refractivity contribution in [2.45, 2.75) is 119 Å². The number of carbonyl (C=O) groups excluding carboxylic acids is 2. The van der Waals surface area contributed by atoms with Gasteiger partial charge in [-0.3, -0.25) is 9.59 Å². The van der Waals surface area contributed by atoms with Crippen molar-refractivity contribution >= 4 is 11.8 Å².